The van der Waals surface area contributed by atoms with Crippen molar-refractivity contribution in [1.82, 2.24) is 20.1 Å². The third-order valence-corrected chi connectivity index (χ3v) is 5.34. The van der Waals surface area contributed by atoms with E-state index in [-0.39, 0.29) is 0 Å². The first kappa shape index (κ1) is 20.6. The Kier molecular flexibility index (Phi) is 7.15. The fraction of sp³-hybridized carbons (Fsp3) is 0.571. The monoisotopic (exact) mass is 414 g/mol. The molecule has 0 aromatic carbocycles. The molecule has 0 bridgehead atoms. The molecule has 2 N–H and O–H groups in total. The molecule has 2 aliphatic rings. The van der Waals surface area contributed by atoms with Crippen LogP contribution in [0.5, 0.6) is 11.5 Å². The van der Waals surface area contributed by atoms with E-state index < -0.39 is 0 Å². The highest BCUT2D eigenvalue weighted by atomic mass is 16.5. The molecular weight excluding hydrogens is 384 g/mol. The van der Waals surface area contributed by atoms with Crippen LogP contribution >= 0.6 is 0 Å². The first-order valence-electron chi connectivity index (χ1n) is 10.6. The molecule has 2 aromatic heterocycles. The third kappa shape index (κ3) is 5.70. The zero-order chi connectivity index (χ0) is 20.6. The zero-order valence-corrected chi connectivity index (χ0v) is 17.5. The lowest BCUT2D eigenvalue weighted by atomic mass is 10.1. The molecule has 4 rings (SSSR count). The van der Waals surface area contributed by atoms with Gasteiger partial charge in [0.25, 0.3) is 0 Å². The summed E-state index contributed by atoms with van der Waals surface area (Å²) < 4.78 is 16.6. The molecule has 9 heteroatoms. The Morgan fingerprint density at radius 3 is 2.77 bits per heavy atom. The SMILES string of the molecule is COc1cnc(Nc2cc(NCC3COC3)cnn2)cc1OCCCN1CCCC1. The highest BCUT2D eigenvalue weighted by molar-refractivity contribution is 5.59. The van der Waals surface area contributed by atoms with Gasteiger partial charge in [0.1, 0.15) is 5.82 Å². The highest BCUT2D eigenvalue weighted by Crippen LogP contribution is 2.29. The number of methoxy groups -OCH3 is 1. The van der Waals surface area contributed by atoms with E-state index in [0.717, 1.165) is 38.4 Å². The van der Waals surface area contributed by atoms with Gasteiger partial charge in [-0.1, -0.05) is 0 Å². The summed E-state index contributed by atoms with van der Waals surface area (Å²) in [7, 11) is 1.62. The normalized spacial score (nSPS) is 16.8. The van der Waals surface area contributed by atoms with Gasteiger partial charge in [-0.05, 0) is 32.4 Å². The van der Waals surface area contributed by atoms with Crippen LogP contribution in [0.3, 0.4) is 0 Å². The number of nitrogens with one attached hydrogen (secondary N) is 2. The quantitative estimate of drug-likeness (QED) is 0.538. The van der Waals surface area contributed by atoms with Crippen molar-refractivity contribution in [2.24, 2.45) is 5.92 Å². The molecule has 2 aliphatic heterocycles. The van der Waals surface area contributed by atoms with Gasteiger partial charge < -0.3 is 29.7 Å². The van der Waals surface area contributed by atoms with Crippen LogP contribution in [0.15, 0.2) is 24.5 Å². The molecule has 30 heavy (non-hydrogen) atoms. The van der Waals surface area contributed by atoms with Crippen molar-refractivity contribution in [2.75, 3.05) is 63.7 Å². The number of hydrogen-bond donors (Lipinski definition) is 2. The Bertz CT molecular complexity index is 811. The molecule has 2 aromatic rings. The summed E-state index contributed by atoms with van der Waals surface area (Å²) in [6, 6.07) is 3.75. The van der Waals surface area contributed by atoms with E-state index in [1.807, 2.05) is 12.1 Å². The maximum Gasteiger partial charge on any atom is 0.179 e. The number of likely N-dealkylation sites (tertiary alicyclic amines) is 1. The van der Waals surface area contributed by atoms with Crippen LogP contribution in [0.4, 0.5) is 17.3 Å². The van der Waals surface area contributed by atoms with Gasteiger partial charge >= 0.3 is 0 Å². The first-order chi connectivity index (χ1) is 14.8. The Morgan fingerprint density at radius 1 is 1.13 bits per heavy atom. The van der Waals surface area contributed by atoms with E-state index in [0.29, 0.717) is 35.7 Å². The second kappa shape index (κ2) is 10.4. The number of rotatable bonds is 11. The van der Waals surface area contributed by atoms with Crippen LogP contribution in [0, 0.1) is 5.92 Å². The smallest absolute Gasteiger partial charge is 0.179 e. The summed E-state index contributed by atoms with van der Waals surface area (Å²) in [6.07, 6.45) is 6.97. The third-order valence-electron chi connectivity index (χ3n) is 5.34. The van der Waals surface area contributed by atoms with E-state index >= 15 is 0 Å². The van der Waals surface area contributed by atoms with Crippen molar-refractivity contribution in [3.63, 3.8) is 0 Å². The molecule has 0 amide bonds. The van der Waals surface area contributed by atoms with E-state index in [9.17, 15) is 0 Å². The van der Waals surface area contributed by atoms with Gasteiger partial charge in [-0.3, -0.25) is 0 Å². The Labute approximate surface area is 177 Å². The second-order valence-corrected chi connectivity index (χ2v) is 7.71. The van der Waals surface area contributed by atoms with Crippen molar-refractivity contribution in [3.8, 4) is 11.5 Å². The number of anilines is 3. The molecule has 2 saturated heterocycles. The molecule has 0 unspecified atom stereocenters. The summed E-state index contributed by atoms with van der Waals surface area (Å²) in [6.45, 7) is 6.61. The van der Waals surface area contributed by atoms with Crippen LogP contribution in [0.25, 0.3) is 0 Å². The minimum absolute atomic E-state index is 0.558. The number of hydrogen-bond acceptors (Lipinski definition) is 9. The molecule has 0 spiro atoms. The van der Waals surface area contributed by atoms with Crippen LogP contribution < -0.4 is 20.1 Å². The standard InChI is InChI=1S/C21H30N6O3/c1-28-19-13-23-20(10-18(19)30-8-4-7-27-5-2-3-6-27)25-21-9-17(12-24-26-21)22-11-16-14-29-15-16/h9-10,12-13,16H,2-8,11,14-15H2,1H3,(H2,22,23,25,26). The van der Waals surface area contributed by atoms with Crippen LogP contribution in [0.1, 0.15) is 19.3 Å². The van der Waals surface area contributed by atoms with Gasteiger partial charge in [0.15, 0.2) is 17.3 Å². The number of pyridine rings is 1. The topological polar surface area (TPSA) is 93.7 Å². The molecule has 162 valence electrons. The lowest BCUT2D eigenvalue weighted by molar-refractivity contribution is -0.0248. The molecule has 0 saturated carbocycles. The average Bonchev–Trinajstić information content (AvgIpc) is 3.24. The maximum absolute atomic E-state index is 5.98. The van der Waals surface area contributed by atoms with Gasteiger partial charge in [-0.15, -0.1) is 5.10 Å². The molecular formula is C21H30N6O3. The average molecular weight is 415 g/mol. The largest absolute Gasteiger partial charge is 0.491 e. The van der Waals surface area contributed by atoms with Crippen LogP contribution in [-0.4, -0.2) is 73.2 Å². The summed E-state index contributed by atoms with van der Waals surface area (Å²) in [5.74, 6) is 3.09. The number of aromatic nitrogens is 3. The van der Waals surface area contributed by atoms with Crippen molar-refractivity contribution in [3.05, 3.63) is 24.5 Å². The van der Waals surface area contributed by atoms with E-state index in [2.05, 4.69) is 30.7 Å². The molecule has 0 atom stereocenters. The Balaban J connectivity index is 1.32. The summed E-state index contributed by atoms with van der Waals surface area (Å²) in [5.41, 5.74) is 0.909. The predicted molar refractivity (Wildman–Crippen MR) is 115 cm³/mol. The second-order valence-electron chi connectivity index (χ2n) is 7.71. The van der Waals surface area contributed by atoms with E-state index in [1.54, 1.807) is 19.5 Å². The van der Waals surface area contributed by atoms with Gasteiger partial charge in [-0.25, -0.2) is 4.98 Å². The molecule has 4 heterocycles. The predicted octanol–water partition coefficient (Wildman–Crippen LogP) is 2.55. The zero-order valence-electron chi connectivity index (χ0n) is 17.5. The lowest BCUT2D eigenvalue weighted by Gasteiger charge is -2.26. The van der Waals surface area contributed by atoms with Crippen molar-refractivity contribution < 1.29 is 14.2 Å². The van der Waals surface area contributed by atoms with Gasteiger partial charge in [0, 0.05) is 31.1 Å². The molecule has 0 aliphatic carbocycles. The maximum atomic E-state index is 5.98. The van der Waals surface area contributed by atoms with E-state index in [1.165, 1.54) is 25.9 Å². The number of nitrogens with zero attached hydrogens (tertiary/aromatic N) is 4. The van der Waals surface area contributed by atoms with Crippen LogP contribution in [0.2, 0.25) is 0 Å². The number of ether oxygens (including phenoxy) is 3. The first-order valence-corrected chi connectivity index (χ1v) is 10.6. The highest BCUT2D eigenvalue weighted by Gasteiger charge is 2.18. The van der Waals surface area contributed by atoms with Crippen molar-refractivity contribution >= 4 is 17.3 Å². The lowest BCUT2D eigenvalue weighted by Crippen LogP contribution is -2.33. The summed E-state index contributed by atoms with van der Waals surface area (Å²) in [4.78, 5) is 6.88. The van der Waals surface area contributed by atoms with Crippen molar-refractivity contribution in [2.45, 2.75) is 19.3 Å². The minimum Gasteiger partial charge on any atom is -0.491 e. The van der Waals surface area contributed by atoms with Gasteiger partial charge in [-0.2, -0.15) is 5.10 Å². The van der Waals surface area contributed by atoms with Gasteiger partial charge in [0.2, 0.25) is 0 Å². The van der Waals surface area contributed by atoms with Crippen molar-refractivity contribution in [1.29, 1.82) is 0 Å². The molecule has 9 nitrogen and oxygen atoms in total. The Hall–Kier alpha value is -2.65. The van der Waals surface area contributed by atoms with E-state index in [4.69, 9.17) is 14.2 Å². The summed E-state index contributed by atoms with van der Waals surface area (Å²) in [5, 5.41) is 14.8. The Morgan fingerprint density at radius 2 is 2.00 bits per heavy atom. The van der Waals surface area contributed by atoms with Gasteiger partial charge in [0.05, 0.1) is 45.0 Å². The minimum atomic E-state index is 0.558. The summed E-state index contributed by atoms with van der Waals surface area (Å²) >= 11 is 0. The van der Waals surface area contributed by atoms with Crippen LogP contribution in [-0.2, 0) is 4.74 Å². The fourth-order valence-electron chi connectivity index (χ4n) is 3.56. The fourth-order valence-corrected chi connectivity index (χ4v) is 3.56. The molecule has 2 fully saturated rings. The molecule has 0 radical (unpaired) electrons.